The second-order valence-electron chi connectivity index (χ2n) is 4.22. The van der Waals surface area contributed by atoms with Gasteiger partial charge < -0.3 is 4.84 Å². The lowest BCUT2D eigenvalue weighted by Gasteiger charge is -2.42. The summed E-state index contributed by atoms with van der Waals surface area (Å²) in [4.78, 5) is 5.15. The van der Waals surface area contributed by atoms with E-state index in [1.165, 1.54) is 0 Å². The molecule has 0 aromatic heterocycles. The summed E-state index contributed by atoms with van der Waals surface area (Å²) in [6.45, 7) is 2.60. The van der Waals surface area contributed by atoms with Crippen molar-refractivity contribution in [1.29, 1.82) is 5.26 Å². The first-order valence-corrected chi connectivity index (χ1v) is 5.65. The normalized spacial score (nSPS) is 28.1. The van der Waals surface area contributed by atoms with Gasteiger partial charge in [0.25, 0.3) is 0 Å². The van der Waals surface area contributed by atoms with Gasteiger partial charge in [0.1, 0.15) is 0 Å². The Hall–Kier alpha value is -1.37. The van der Waals surface area contributed by atoms with Crippen molar-refractivity contribution in [2.75, 3.05) is 6.61 Å². The quantitative estimate of drug-likeness (QED) is 0.784. The lowest BCUT2D eigenvalue weighted by Crippen LogP contribution is -2.50. The summed E-state index contributed by atoms with van der Waals surface area (Å²) < 4.78 is 0. The number of rotatable bonds is 4. The van der Waals surface area contributed by atoms with Gasteiger partial charge in [0.05, 0.1) is 18.1 Å². The van der Waals surface area contributed by atoms with Crippen molar-refractivity contribution in [2.24, 2.45) is 0 Å². The van der Waals surface area contributed by atoms with E-state index in [-0.39, 0.29) is 5.41 Å². The number of benzene rings is 1. The van der Waals surface area contributed by atoms with Gasteiger partial charge in [-0.1, -0.05) is 30.3 Å². The third-order valence-corrected chi connectivity index (χ3v) is 3.12. The summed E-state index contributed by atoms with van der Waals surface area (Å²) in [6.07, 6.45) is 1.65. The maximum Gasteiger partial charge on any atom is 0.0853 e. The molecule has 3 nitrogen and oxygen atoms in total. The summed E-state index contributed by atoms with van der Waals surface area (Å²) in [5, 5.41) is 9.31. The number of hydroxylamine groups is 1. The van der Waals surface area contributed by atoms with Gasteiger partial charge in [-0.05, 0) is 25.3 Å². The lowest BCUT2D eigenvalue weighted by atomic mass is 9.63. The van der Waals surface area contributed by atoms with Gasteiger partial charge in [0.2, 0.25) is 0 Å². The fourth-order valence-electron chi connectivity index (χ4n) is 2.21. The van der Waals surface area contributed by atoms with Gasteiger partial charge in [-0.25, -0.2) is 0 Å². The van der Waals surface area contributed by atoms with Crippen LogP contribution in [0, 0.1) is 11.3 Å². The minimum absolute atomic E-state index is 0.305. The second kappa shape index (κ2) is 4.65. The molecule has 1 aromatic rings. The SMILES string of the molecule is CCONC1CC(C#N)(c2ccccc2)C1. The molecule has 0 bridgehead atoms. The fraction of sp³-hybridized carbons (Fsp3) is 0.462. The van der Waals surface area contributed by atoms with E-state index in [1.807, 2.05) is 37.3 Å². The number of hydrogen-bond acceptors (Lipinski definition) is 3. The minimum atomic E-state index is -0.309. The van der Waals surface area contributed by atoms with Crippen LogP contribution in [-0.2, 0) is 10.3 Å². The third kappa shape index (κ3) is 1.95. The van der Waals surface area contributed by atoms with E-state index in [9.17, 15) is 5.26 Å². The molecule has 1 aromatic carbocycles. The zero-order valence-electron chi connectivity index (χ0n) is 9.44. The van der Waals surface area contributed by atoms with Crippen molar-refractivity contribution in [3.63, 3.8) is 0 Å². The Morgan fingerprint density at radius 1 is 1.44 bits per heavy atom. The van der Waals surface area contributed by atoms with Gasteiger partial charge in [0, 0.05) is 6.04 Å². The molecule has 1 N–H and O–H groups in total. The molecule has 16 heavy (non-hydrogen) atoms. The Labute approximate surface area is 96.0 Å². The van der Waals surface area contributed by atoms with E-state index in [0.29, 0.717) is 12.6 Å². The number of hydrogen-bond donors (Lipinski definition) is 1. The molecule has 1 aliphatic rings. The van der Waals surface area contributed by atoms with Gasteiger partial charge in [-0.2, -0.15) is 10.7 Å². The zero-order valence-corrected chi connectivity index (χ0v) is 9.44. The Balaban J connectivity index is 2.01. The van der Waals surface area contributed by atoms with Crippen molar-refractivity contribution in [2.45, 2.75) is 31.2 Å². The van der Waals surface area contributed by atoms with E-state index < -0.39 is 0 Å². The standard InChI is InChI=1S/C13H16N2O/c1-2-16-15-12-8-13(9-12,10-14)11-6-4-3-5-7-11/h3-7,12,15H,2,8-9H2,1H3. The predicted molar refractivity (Wildman–Crippen MR) is 61.5 cm³/mol. The van der Waals surface area contributed by atoms with Gasteiger partial charge in [-0.3, -0.25) is 0 Å². The molecule has 1 aliphatic carbocycles. The Bertz CT molecular complexity index is 377. The van der Waals surface area contributed by atoms with Crippen molar-refractivity contribution in [3.05, 3.63) is 35.9 Å². The average Bonchev–Trinajstić information content (AvgIpc) is 2.29. The van der Waals surface area contributed by atoms with E-state index in [2.05, 4.69) is 11.5 Å². The molecule has 0 atom stereocenters. The van der Waals surface area contributed by atoms with Crippen LogP contribution in [0.5, 0.6) is 0 Å². The Morgan fingerprint density at radius 2 is 2.12 bits per heavy atom. The second-order valence-corrected chi connectivity index (χ2v) is 4.22. The number of nitriles is 1. The molecule has 0 spiro atoms. The molecule has 0 saturated heterocycles. The topological polar surface area (TPSA) is 45.0 Å². The minimum Gasteiger partial charge on any atom is -0.302 e. The maximum atomic E-state index is 9.31. The monoisotopic (exact) mass is 216 g/mol. The Kier molecular flexibility index (Phi) is 3.23. The first-order chi connectivity index (χ1) is 7.80. The summed E-state index contributed by atoms with van der Waals surface area (Å²) in [7, 11) is 0. The van der Waals surface area contributed by atoms with Crippen LogP contribution in [-0.4, -0.2) is 12.6 Å². The summed E-state index contributed by atoms with van der Waals surface area (Å²) in [5.41, 5.74) is 3.78. The molecule has 3 heteroatoms. The molecule has 1 fully saturated rings. The predicted octanol–water partition coefficient (Wildman–Crippen LogP) is 2.15. The maximum absolute atomic E-state index is 9.31. The number of nitrogens with zero attached hydrogens (tertiary/aromatic N) is 1. The van der Waals surface area contributed by atoms with Crippen LogP contribution in [0.2, 0.25) is 0 Å². The fourth-order valence-corrected chi connectivity index (χ4v) is 2.21. The highest BCUT2D eigenvalue weighted by molar-refractivity contribution is 5.36. The van der Waals surface area contributed by atoms with Crippen LogP contribution in [0.25, 0.3) is 0 Å². The van der Waals surface area contributed by atoms with E-state index in [4.69, 9.17) is 4.84 Å². The van der Waals surface area contributed by atoms with Crippen LogP contribution >= 0.6 is 0 Å². The molecule has 2 rings (SSSR count). The molecule has 0 aliphatic heterocycles. The van der Waals surface area contributed by atoms with Crippen molar-refractivity contribution in [3.8, 4) is 6.07 Å². The number of nitrogens with one attached hydrogen (secondary N) is 1. The average molecular weight is 216 g/mol. The molecule has 0 heterocycles. The van der Waals surface area contributed by atoms with Crippen LogP contribution < -0.4 is 5.48 Å². The van der Waals surface area contributed by atoms with E-state index in [1.54, 1.807) is 0 Å². The molecule has 0 amide bonds. The summed E-state index contributed by atoms with van der Waals surface area (Å²) >= 11 is 0. The first kappa shape index (κ1) is 11.1. The molecule has 1 saturated carbocycles. The van der Waals surface area contributed by atoms with Crippen molar-refractivity contribution < 1.29 is 4.84 Å². The van der Waals surface area contributed by atoms with E-state index >= 15 is 0 Å². The van der Waals surface area contributed by atoms with Crippen LogP contribution in [0.15, 0.2) is 30.3 Å². The third-order valence-electron chi connectivity index (χ3n) is 3.12. The van der Waals surface area contributed by atoms with Crippen molar-refractivity contribution >= 4 is 0 Å². The van der Waals surface area contributed by atoms with Gasteiger partial charge in [-0.15, -0.1) is 0 Å². The summed E-state index contributed by atoms with van der Waals surface area (Å²) in [5.74, 6) is 0. The summed E-state index contributed by atoms with van der Waals surface area (Å²) in [6, 6.07) is 12.7. The lowest BCUT2D eigenvalue weighted by molar-refractivity contribution is -0.0114. The van der Waals surface area contributed by atoms with Crippen LogP contribution in [0.4, 0.5) is 0 Å². The highest BCUT2D eigenvalue weighted by Gasteiger charge is 2.46. The van der Waals surface area contributed by atoms with Crippen LogP contribution in [0.3, 0.4) is 0 Å². The van der Waals surface area contributed by atoms with Gasteiger partial charge >= 0.3 is 0 Å². The first-order valence-electron chi connectivity index (χ1n) is 5.65. The highest BCUT2D eigenvalue weighted by Crippen LogP contribution is 2.43. The molecule has 0 radical (unpaired) electrons. The molecule has 84 valence electrons. The molecule has 0 unspecified atom stereocenters. The van der Waals surface area contributed by atoms with Gasteiger partial charge in [0.15, 0.2) is 0 Å². The van der Waals surface area contributed by atoms with Crippen LogP contribution in [0.1, 0.15) is 25.3 Å². The highest BCUT2D eigenvalue weighted by atomic mass is 16.6. The zero-order chi connectivity index (χ0) is 11.4. The van der Waals surface area contributed by atoms with E-state index in [0.717, 1.165) is 18.4 Å². The Morgan fingerprint density at radius 3 is 2.69 bits per heavy atom. The largest absolute Gasteiger partial charge is 0.302 e. The van der Waals surface area contributed by atoms with Crippen molar-refractivity contribution in [1.82, 2.24) is 5.48 Å². The smallest absolute Gasteiger partial charge is 0.0853 e. The molecular weight excluding hydrogens is 200 g/mol. The molecular formula is C13H16N2O.